The van der Waals surface area contributed by atoms with E-state index in [4.69, 9.17) is 0 Å². The molecule has 1 unspecified atom stereocenters. The molecule has 0 aromatic heterocycles. The van der Waals surface area contributed by atoms with Crippen molar-refractivity contribution >= 4 is 11.8 Å². The molecule has 0 aliphatic heterocycles. The highest BCUT2D eigenvalue weighted by Gasteiger charge is 2.38. The number of carbonyl (C=O) groups excluding carboxylic acids is 2. The predicted octanol–water partition coefficient (Wildman–Crippen LogP) is 1.41. The van der Waals surface area contributed by atoms with Crippen LogP contribution in [0.5, 0.6) is 0 Å². The van der Waals surface area contributed by atoms with Crippen molar-refractivity contribution in [2.45, 2.75) is 75.3 Å². The van der Waals surface area contributed by atoms with Crippen LogP contribution in [0, 0.1) is 5.92 Å². The molecule has 0 spiro atoms. The second kappa shape index (κ2) is 8.81. The van der Waals surface area contributed by atoms with Crippen LogP contribution in [0.25, 0.3) is 0 Å². The molecule has 2 saturated carbocycles. The normalized spacial score (nSPS) is 22.3. The van der Waals surface area contributed by atoms with Crippen molar-refractivity contribution in [2.24, 2.45) is 5.92 Å². The van der Waals surface area contributed by atoms with Crippen LogP contribution in [0.1, 0.15) is 64.2 Å². The van der Waals surface area contributed by atoms with Crippen LogP contribution < -0.4 is 10.6 Å². The van der Waals surface area contributed by atoms with E-state index in [2.05, 4.69) is 17.2 Å². The van der Waals surface area contributed by atoms with Crippen LogP contribution in [0.2, 0.25) is 0 Å². The van der Waals surface area contributed by atoms with Crippen molar-refractivity contribution in [1.29, 1.82) is 0 Å². The molecule has 2 fully saturated rings. The summed E-state index contributed by atoms with van der Waals surface area (Å²) in [6, 6.07) is 0. The van der Waals surface area contributed by atoms with Gasteiger partial charge in [-0.15, -0.1) is 6.58 Å². The highest BCUT2D eigenvalue weighted by atomic mass is 16.3. The summed E-state index contributed by atoms with van der Waals surface area (Å²) >= 11 is 0. The maximum Gasteiger partial charge on any atom is 0.224 e. The molecule has 0 aromatic rings. The number of amides is 2. The van der Waals surface area contributed by atoms with Gasteiger partial charge in [-0.1, -0.05) is 31.8 Å². The number of aliphatic hydroxyl groups excluding tert-OH is 2. The van der Waals surface area contributed by atoms with E-state index in [0.717, 1.165) is 51.4 Å². The molecular formula is C19H32N2O4. The monoisotopic (exact) mass is 352 g/mol. The molecule has 2 amide bonds. The molecule has 4 N–H and O–H groups in total. The van der Waals surface area contributed by atoms with Gasteiger partial charge in [-0.3, -0.25) is 9.59 Å². The van der Waals surface area contributed by atoms with Gasteiger partial charge in [-0.25, -0.2) is 0 Å². The Morgan fingerprint density at radius 1 is 0.960 bits per heavy atom. The average Bonchev–Trinajstić information content (AvgIpc) is 3.25. The number of hydrogen-bond acceptors (Lipinski definition) is 4. The Hall–Kier alpha value is -1.40. The Bertz CT molecular complexity index is 480. The number of nitrogens with one attached hydrogen (secondary N) is 2. The van der Waals surface area contributed by atoms with Crippen molar-refractivity contribution in [1.82, 2.24) is 10.6 Å². The summed E-state index contributed by atoms with van der Waals surface area (Å²) in [6.07, 6.45) is 9.21. The number of carbonyl (C=O) groups is 2. The Morgan fingerprint density at radius 3 is 1.88 bits per heavy atom. The topological polar surface area (TPSA) is 98.7 Å². The number of hydrogen-bond donors (Lipinski definition) is 4. The molecule has 0 radical (unpaired) electrons. The summed E-state index contributed by atoms with van der Waals surface area (Å²) in [4.78, 5) is 25.1. The maximum absolute atomic E-state index is 12.7. The molecule has 142 valence electrons. The first-order valence-electron chi connectivity index (χ1n) is 9.44. The van der Waals surface area contributed by atoms with Crippen LogP contribution in [-0.4, -0.2) is 46.3 Å². The van der Waals surface area contributed by atoms with Gasteiger partial charge in [0.05, 0.1) is 30.2 Å². The highest BCUT2D eigenvalue weighted by Crippen LogP contribution is 2.31. The SMILES string of the molecule is C=CCC(CC(=O)NC1(CO)CCCC1)C(=O)NC1(CO)CCCC1. The lowest BCUT2D eigenvalue weighted by molar-refractivity contribution is -0.133. The fraction of sp³-hybridized carbons (Fsp3) is 0.789. The molecule has 0 heterocycles. The fourth-order valence-corrected chi connectivity index (χ4v) is 4.17. The van der Waals surface area contributed by atoms with Crippen molar-refractivity contribution in [3.05, 3.63) is 12.7 Å². The van der Waals surface area contributed by atoms with Gasteiger partial charge in [-0.2, -0.15) is 0 Å². The quantitative estimate of drug-likeness (QED) is 0.472. The maximum atomic E-state index is 12.7. The second-order valence-corrected chi connectivity index (χ2v) is 7.75. The summed E-state index contributed by atoms with van der Waals surface area (Å²) in [5.74, 6) is -0.906. The Kier molecular flexibility index (Phi) is 7.02. The molecule has 0 bridgehead atoms. The van der Waals surface area contributed by atoms with Crippen molar-refractivity contribution in [3.63, 3.8) is 0 Å². The third kappa shape index (κ3) is 5.05. The lowest BCUT2D eigenvalue weighted by atomic mass is 9.93. The van der Waals surface area contributed by atoms with Gasteiger partial charge in [0.15, 0.2) is 0 Å². The predicted molar refractivity (Wildman–Crippen MR) is 95.8 cm³/mol. The van der Waals surface area contributed by atoms with Gasteiger partial charge >= 0.3 is 0 Å². The van der Waals surface area contributed by atoms with E-state index in [1.807, 2.05) is 0 Å². The fourth-order valence-electron chi connectivity index (χ4n) is 4.17. The van der Waals surface area contributed by atoms with Crippen molar-refractivity contribution < 1.29 is 19.8 Å². The number of allylic oxidation sites excluding steroid dienone is 1. The first-order chi connectivity index (χ1) is 12.0. The summed E-state index contributed by atoms with van der Waals surface area (Å²) in [5, 5.41) is 25.2. The van der Waals surface area contributed by atoms with E-state index in [9.17, 15) is 19.8 Å². The van der Waals surface area contributed by atoms with Gasteiger partial charge in [-0.05, 0) is 32.1 Å². The molecule has 2 aliphatic rings. The van der Waals surface area contributed by atoms with Crippen LogP contribution in [0.4, 0.5) is 0 Å². The number of rotatable bonds is 9. The van der Waals surface area contributed by atoms with E-state index < -0.39 is 17.0 Å². The van der Waals surface area contributed by atoms with Crippen LogP contribution in [0.15, 0.2) is 12.7 Å². The molecular weight excluding hydrogens is 320 g/mol. The minimum absolute atomic E-state index is 0.0648. The smallest absolute Gasteiger partial charge is 0.224 e. The van der Waals surface area contributed by atoms with E-state index in [1.165, 1.54) is 0 Å². The summed E-state index contributed by atoms with van der Waals surface area (Å²) < 4.78 is 0. The second-order valence-electron chi connectivity index (χ2n) is 7.75. The first-order valence-corrected chi connectivity index (χ1v) is 9.44. The van der Waals surface area contributed by atoms with Gasteiger partial charge in [0.1, 0.15) is 0 Å². The number of aliphatic hydroxyl groups is 2. The zero-order valence-corrected chi connectivity index (χ0v) is 15.1. The van der Waals surface area contributed by atoms with Gasteiger partial charge in [0.2, 0.25) is 11.8 Å². The van der Waals surface area contributed by atoms with E-state index >= 15 is 0 Å². The minimum Gasteiger partial charge on any atom is -0.394 e. The van der Waals surface area contributed by atoms with Crippen LogP contribution in [0.3, 0.4) is 0 Å². The Balaban J connectivity index is 1.95. The highest BCUT2D eigenvalue weighted by molar-refractivity contribution is 5.86. The van der Waals surface area contributed by atoms with Crippen LogP contribution >= 0.6 is 0 Å². The van der Waals surface area contributed by atoms with E-state index in [-0.39, 0.29) is 31.4 Å². The molecule has 6 heteroatoms. The van der Waals surface area contributed by atoms with E-state index in [1.54, 1.807) is 6.08 Å². The largest absolute Gasteiger partial charge is 0.394 e. The van der Waals surface area contributed by atoms with Crippen molar-refractivity contribution in [3.8, 4) is 0 Å². The molecule has 1 atom stereocenters. The molecule has 6 nitrogen and oxygen atoms in total. The Morgan fingerprint density at radius 2 is 1.44 bits per heavy atom. The van der Waals surface area contributed by atoms with Gasteiger partial charge < -0.3 is 20.8 Å². The van der Waals surface area contributed by atoms with Crippen molar-refractivity contribution in [2.75, 3.05) is 13.2 Å². The lowest BCUT2D eigenvalue weighted by Gasteiger charge is -2.31. The molecule has 2 aliphatic carbocycles. The average molecular weight is 352 g/mol. The summed E-state index contributed by atoms with van der Waals surface area (Å²) in [7, 11) is 0. The standard InChI is InChI=1S/C19H32N2O4/c1-2-7-15(17(25)21-19(14-23)10-5-6-11-19)12-16(24)20-18(13-22)8-3-4-9-18/h2,15,22-23H,1,3-14H2,(H,20,24)(H,21,25). The van der Waals surface area contributed by atoms with E-state index in [0.29, 0.717) is 6.42 Å². The zero-order chi connectivity index (χ0) is 18.3. The summed E-state index contributed by atoms with van der Waals surface area (Å²) in [6.45, 7) is 3.56. The molecule has 0 aromatic carbocycles. The molecule has 0 saturated heterocycles. The Labute approximate surface area is 150 Å². The summed E-state index contributed by atoms with van der Waals surface area (Å²) in [5.41, 5.74) is -1.06. The lowest BCUT2D eigenvalue weighted by Crippen LogP contribution is -2.53. The van der Waals surface area contributed by atoms with Gasteiger partial charge in [0.25, 0.3) is 0 Å². The third-order valence-electron chi connectivity index (χ3n) is 5.77. The van der Waals surface area contributed by atoms with Crippen LogP contribution in [-0.2, 0) is 9.59 Å². The minimum atomic E-state index is -0.537. The third-order valence-corrected chi connectivity index (χ3v) is 5.77. The first kappa shape index (κ1) is 19.9. The zero-order valence-electron chi connectivity index (χ0n) is 15.1. The van der Waals surface area contributed by atoms with Gasteiger partial charge in [0, 0.05) is 6.42 Å². The molecule has 2 rings (SSSR count). The molecule has 25 heavy (non-hydrogen) atoms.